The van der Waals surface area contributed by atoms with Gasteiger partial charge in [-0.25, -0.2) is 0 Å². The predicted octanol–water partition coefficient (Wildman–Crippen LogP) is 2.84. The number of benzene rings is 2. The first-order valence-electron chi connectivity index (χ1n) is 8.38. The summed E-state index contributed by atoms with van der Waals surface area (Å²) >= 11 is 0. The van der Waals surface area contributed by atoms with Crippen molar-refractivity contribution >= 4 is 23.3 Å². The van der Waals surface area contributed by atoms with Crippen molar-refractivity contribution in [3.05, 3.63) is 64.2 Å². The van der Waals surface area contributed by atoms with E-state index in [4.69, 9.17) is 9.47 Å². The molecule has 0 N–H and O–H groups in total. The molecule has 1 unspecified atom stereocenters. The number of carbonyl (C=O) groups is 2. The first-order chi connectivity index (χ1) is 13.0. The fourth-order valence-corrected chi connectivity index (χ4v) is 2.77. The lowest BCUT2D eigenvalue weighted by Gasteiger charge is -2.31. The number of likely N-dealkylation sites (N-methyl/N-ethyl adjacent to an activating group) is 1. The van der Waals surface area contributed by atoms with E-state index in [1.54, 1.807) is 7.05 Å². The lowest BCUT2D eigenvalue weighted by atomic mass is 10.1. The van der Waals surface area contributed by atoms with Crippen LogP contribution in [0.5, 0.6) is 5.75 Å². The molecule has 8 nitrogen and oxygen atoms in total. The SMILES string of the molecule is CN1C(=O)C(CCC(=O)OCc2ccccc2)Oc2cc([N+](=O)[O-])ccc21. The van der Waals surface area contributed by atoms with Crippen LogP contribution in [0.25, 0.3) is 0 Å². The summed E-state index contributed by atoms with van der Waals surface area (Å²) in [5, 5.41) is 10.9. The van der Waals surface area contributed by atoms with Gasteiger partial charge in [0.1, 0.15) is 6.61 Å². The number of non-ortho nitro benzene ring substituents is 1. The van der Waals surface area contributed by atoms with Gasteiger partial charge in [0.05, 0.1) is 16.7 Å². The van der Waals surface area contributed by atoms with Gasteiger partial charge in [-0.15, -0.1) is 0 Å². The molecule has 0 saturated carbocycles. The van der Waals surface area contributed by atoms with Crippen molar-refractivity contribution in [1.82, 2.24) is 0 Å². The van der Waals surface area contributed by atoms with E-state index in [9.17, 15) is 19.7 Å². The Balaban J connectivity index is 1.60. The van der Waals surface area contributed by atoms with Crippen LogP contribution in [0.2, 0.25) is 0 Å². The van der Waals surface area contributed by atoms with Crippen molar-refractivity contribution < 1.29 is 24.0 Å². The highest BCUT2D eigenvalue weighted by Gasteiger charge is 2.33. The van der Waals surface area contributed by atoms with Crippen LogP contribution in [-0.4, -0.2) is 30.0 Å². The molecule has 1 aliphatic heterocycles. The Bertz CT molecular complexity index is 868. The number of amides is 1. The molecule has 0 radical (unpaired) electrons. The number of ether oxygens (including phenoxy) is 2. The number of carbonyl (C=O) groups excluding carboxylic acids is 2. The number of hydrogen-bond acceptors (Lipinski definition) is 6. The normalized spacial score (nSPS) is 15.7. The smallest absolute Gasteiger partial charge is 0.306 e. The fourth-order valence-electron chi connectivity index (χ4n) is 2.77. The lowest BCUT2D eigenvalue weighted by Crippen LogP contribution is -2.44. The number of esters is 1. The van der Waals surface area contributed by atoms with Crippen LogP contribution < -0.4 is 9.64 Å². The number of nitro benzene ring substituents is 1. The minimum atomic E-state index is -0.895. The maximum absolute atomic E-state index is 12.4. The van der Waals surface area contributed by atoms with Gasteiger partial charge in [0.25, 0.3) is 11.6 Å². The lowest BCUT2D eigenvalue weighted by molar-refractivity contribution is -0.384. The van der Waals surface area contributed by atoms with Crippen LogP contribution in [0.1, 0.15) is 18.4 Å². The van der Waals surface area contributed by atoms with E-state index in [0.717, 1.165) is 5.56 Å². The summed E-state index contributed by atoms with van der Waals surface area (Å²) in [6.07, 6.45) is -0.769. The summed E-state index contributed by atoms with van der Waals surface area (Å²) < 4.78 is 10.8. The number of hydrogen-bond donors (Lipinski definition) is 0. The Kier molecular flexibility index (Phi) is 5.35. The Labute approximate surface area is 155 Å². The van der Waals surface area contributed by atoms with E-state index >= 15 is 0 Å². The van der Waals surface area contributed by atoms with Gasteiger partial charge in [0.15, 0.2) is 11.9 Å². The second-order valence-corrected chi connectivity index (χ2v) is 6.10. The molecule has 140 valence electrons. The van der Waals surface area contributed by atoms with Crippen molar-refractivity contribution in [2.45, 2.75) is 25.6 Å². The highest BCUT2D eigenvalue weighted by Crippen LogP contribution is 2.36. The molecular weight excluding hydrogens is 352 g/mol. The standard InChI is InChI=1S/C19H18N2O6/c1-20-15-8-7-14(21(24)25)11-17(15)27-16(19(20)23)9-10-18(22)26-12-13-5-3-2-4-6-13/h2-8,11,16H,9-10,12H2,1H3. The Morgan fingerprint density at radius 2 is 2.00 bits per heavy atom. The molecule has 3 rings (SSSR count). The molecule has 1 amide bonds. The molecule has 1 atom stereocenters. The summed E-state index contributed by atoms with van der Waals surface area (Å²) in [7, 11) is 1.57. The molecule has 2 aromatic rings. The fraction of sp³-hybridized carbons (Fsp3) is 0.263. The predicted molar refractivity (Wildman–Crippen MR) is 96.4 cm³/mol. The second-order valence-electron chi connectivity index (χ2n) is 6.10. The summed E-state index contributed by atoms with van der Waals surface area (Å²) in [6, 6.07) is 13.3. The molecule has 0 bridgehead atoms. The van der Waals surface area contributed by atoms with E-state index in [-0.39, 0.29) is 36.8 Å². The molecule has 0 aromatic heterocycles. The third-order valence-electron chi connectivity index (χ3n) is 4.24. The third-order valence-corrected chi connectivity index (χ3v) is 4.24. The molecule has 2 aromatic carbocycles. The van der Waals surface area contributed by atoms with Crippen molar-refractivity contribution in [2.24, 2.45) is 0 Å². The Morgan fingerprint density at radius 1 is 1.26 bits per heavy atom. The van der Waals surface area contributed by atoms with Gasteiger partial charge in [-0.3, -0.25) is 19.7 Å². The first kappa shape index (κ1) is 18.4. The molecule has 0 fully saturated rings. The van der Waals surface area contributed by atoms with E-state index in [0.29, 0.717) is 5.69 Å². The summed E-state index contributed by atoms with van der Waals surface area (Å²) in [6.45, 7) is 0.161. The van der Waals surface area contributed by atoms with Crippen LogP contribution in [0.15, 0.2) is 48.5 Å². The first-order valence-corrected chi connectivity index (χ1v) is 8.38. The average molecular weight is 370 g/mol. The quantitative estimate of drug-likeness (QED) is 0.440. The van der Waals surface area contributed by atoms with Gasteiger partial charge in [-0.05, 0) is 11.6 Å². The maximum atomic E-state index is 12.4. The van der Waals surface area contributed by atoms with Crippen LogP contribution in [0.3, 0.4) is 0 Å². The van der Waals surface area contributed by atoms with Crippen LogP contribution in [0, 0.1) is 10.1 Å². The van der Waals surface area contributed by atoms with E-state index in [2.05, 4.69) is 0 Å². The zero-order chi connectivity index (χ0) is 19.4. The van der Waals surface area contributed by atoms with E-state index in [1.807, 2.05) is 30.3 Å². The van der Waals surface area contributed by atoms with E-state index in [1.165, 1.54) is 23.1 Å². The largest absolute Gasteiger partial charge is 0.478 e. The monoisotopic (exact) mass is 370 g/mol. The van der Waals surface area contributed by atoms with E-state index < -0.39 is 17.0 Å². The van der Waals surface area contributed by atoms with Crippen LogP contribution >= 0.6 is 0 Å². The van der Waals surface area contributed by atoms with Gasteiger partial charge < -0.3 is 14.4 Å². The maximum Gasteiger partial charge on any atom is 0.306 e. The summed E-state index contributed by atoms with van der Waals surface area (Å²) in [5.41, 5.74) is 1.20. The molecule has 0 spiro atoms. The average Bonchev–Trinajstić information content (AvgIpc) is 2.68. The zero-order valence-electron chi connectivity index (χ0n) is 14.7. The molecule has 1 aliphatic rings. The topological polar surface area (TPSA) is 99.0 Å². The number of nitro groups is 1. The third kappa shape index (κ3) is 4.22. The second kappa shape index (κ2) is 7.86. The highest BCUT2D eigenvalue weighted by molar-refractivity contribution is 5.99. The Hall–Kier alpha value is -3.42. The van der Waals surface area contributed by atoms with Gasteiger partial charge in [0, 0.05) is 26.0 Å². The summed E-state index contributed by atoms with van der Waals surface area (Å²) in [4.78, 5) is 36.1. The minimum Gasteiger partial charge on any atom is -0.478 e. The number of fused-ring (bicyclic) bond motifs is 1. The Morgan fingerprint density at radius 3 is 2.70 bits per heavy atom. The number of rotatable bonds is 6. The highest BCUT2D eigenvalue weighted by atomic mass is 16.6. The van der Waals surface area contributed by atoms with Gasteiger partial charge in [-0.1, -0.05) is 30.3 Å². The zero-order valence-corrected chi connectivity index (χ0v) is 14.7. The van der Waals surface area contributed by atoms with Gasteiger partial charge >= 0.3 is 5.97 Å². The summed E-state index contributed by atoms with van der Waals surface area (Å²) in [5.74, 6) is -0.510. The van der Waals surface area contributed by atoms with Crippen LogP contribution in [-0.2, 0) is 20.9 Å². The van der Waals surface area contributed by atoms with Crippen LogP contribution in [0.4, 0.5) is 11.4 Å². The van der Waals surface area contributed by atoms with Crippen molar-refractivity contribution in [3.63, 3.8) is 0 Å². The number of anilines is 1. The molecule has 0 saturated heterocycles. The molecule has 27 heavy (non-hydrogen) atoms. The molecular formula is C19H18N2O6. The van der Waals surface area contributed by atoms with Crippen molar-refractivity contribution in [2.75, 3.05) is 11.9 Å². The van der Waals surface area contributed by atoms with Crippen molar-refractivity contribution in [1.29, 1.82) is 0 Å². The molecule has 8 heteroatoms. The van der Waals surface area contributed by atoms with Gasteiger partial charge in [0.2, 0.25) is 0 Å². The van der Waals surface area contributed by atoms with Gasteiger partial charge in [-0.2, -0.15) is 0 Å². The van der Waals surface area contributed by atoms with Crippen molar-refractivity contribution in [3.8, 4) is 5.75 Å². The number of nitrogens with zero attached hydrogens (tertiary/aromatic N) is 2. The molecule has 0 aliphatic carbocycles. The minimum absolute atomic E-state index is 0.00133. The molecule has 1 heterocycles.